The van der Waals surface area contributed by atoms with Crippen molar-refractivity contribution in [2.45, 2.75) is 38.5 Å². The van der Waals surface area contributed by atoms with Gasteiger partial charge in [-0.25, -0.2) is 4.79 Å². The molecule has 5 nitrogen and oxygen atoms in total. The van der Waals surface area contributed by atoms with E-state index in [4.69, 9.17) is 9.47 Å². The maximum atomic E-state index is 11.8. The summed E-state index contributed by atoms with van der Waals surface area (Å²) < 4.78 is 10.6. The van der Waals surface area contributed by atoms with Crippen molar-refractivity contribution in [1.29, 1.82) is 0 Å². The molecular weight excluding hydrogens is 256 g/mol. The summed E-state index contributed by atoms with van der Waals surface area (Å²) >= 11 is 0. The molecule has 0 aliphatic carbocycles. The average Bonchev–Trinajstić information content (AvgIpc) is 3.00. The molecule has 0 aromatic heterocycles. The van der Waals surface area contributed by atoms with Gasteiger partial charge in [-0.1, -0.05) is 12.1 Å². The van der Waals surface area contributed by atoms with E-state index in [1.54, 1.807) is 7.11 Å². The average molecular weight is 278 g/mol. The predicted octanol–water partition coefficient (Wildman–Crippen LogP) is 2.06. The number of urea groups is 1. The van der Waals surface area contributed by atoms with Gasteiger partial charge in [0.15, 0.2) is 0 Å². The first-order chi connectivity index (χ1) is 9.69. The molecule has 1 saturated heterocycles. The molecular formula is C15H22N2O3. The lowest BCUT2D eigenvalue weighted by atomic mass is 10.1. The van der Waals surface area contributed by atoms with Crippen LogP contribution in [0.5, 0.6) is 5.75 Å². The number of rotatable bonds is 5. The fourth-order valence-electron chi connectivity index (χ4n) is 2.27. The number of hydrogen-bond acceptors (Lipinski definition) is 3. The van der Waals surface area contributed by atoms with Crippen LogP contribution < -0.4 is 15.4 Å². The second-order valence-corrected chi connectivity index (χ2v) is 5.02. The monoisotopic (exact) mass is 278 g/mol. The number of nitrogens with one attached hydrogen (secondary N) is 2. The Balaban J connectivity index is 1.73. The van der Waals surface area contributed by atoms with Gasteiger partial charge in [-0.3, -0.25) is 0 Å². The van der Waals surface area contributed by atoms with Crippen LogP contribution in [-0.4, -0.2) is 31.9 Å². The van der Waals surface area contributed by atoms with Gasteiger partial charge in [0.25, 0.3) is 0 Å². The third-order valence-electron chi connectivity index (χ3n) is 3.49. The molecule has 2 amide bonds. The molecule has 2 rings (SSSR count). The van der Waals surface area contributed by atoms with Crippen molar-refractivity contribution in [3.63, 3.8) is 0 Å². The Morgan fingerprint density at radius 2 is 2.20 bits per heavy atom. The minimum atomic E-state index is -0.163. The molecule has 5 heteroatoms. The molecule has 1 aromatic rings. The first-order valence-electron chi connectivity index (χ1n) is 6.98. The highest BCUT2D eigenvalue weighted by Gasteiger charge is 2.23. The van der Waals surface area contributed by atoms with E-state index in [1.165, 1.54) is 0 Å². The van der Waals surface area contributed by atoms with Crippen LogP contribution in [-0.2, 0) is 11.3 Å². The minimum Gasteiger partial charge on any atom is -0.497 e. The zero-order valence-corrected chi connectivity index (χ0v) is 12.0. The minimum absolute atomic E-state index is 0.0355. The van der Waals surface area contributed by atoms with Crippen LogP contribution in [0.3, 0.4) is 0 Å². The highest BCUT2D eigenvalue weighted by Crippen LogP contribution is 2.15. The molecule has 0 radical (unpaired) electrons. The maximum absolute atomic E-state index is 11.8. The number of benzene rings is 1. The molecule has 1 aliphatic heterocycles. The summed E-state index contributed by atoms with van der Waals surface area (Å²) in [7, 11) is 1.63. The van der Waals surface area contributed by atoms with E-state index < -0.39 is 0 Å². The molecule has 110 valence electrons. The zero-order chi connectivity index (χ0) is 14.4. The molecule has 0 unspecified atom stereocenters. The van der Waals surface area contributed by atoms with Gasteiger partial charge in [0.2, 0.25) is 0 Å². The number of carbonyl (C=O) groups is 1. The summed E-state index contributed by atoms with van der Waals surface area (Å²) in [5.41, 5.74) is 1.03. The van der Waals surface area contributed by atoms with Gasteiger partial charge < -0.3 is 20.1 Å². The van der Waals surface area contributed by atoms with Gasteiger partial charge >= 0.3 is 6.03 Å². The fraction of sp³-hybridized carbons (Fsp3) is 0.533. The second-order valence-electron chi connectivity index (χ2n) is 5.02. The van der Waals surface area contributed by atoms with Crippen LogP contribution in [0.4, 0.5) is 4.79 Å². The first-order valence-corrected chi connectivity index (χ1v) is 6.98. The predicted molar refractivity (Wildman–Crippen MR) is 76.8 cm³/mol. The lowest BCUT2D eigenvalue weighted by molar-refractivity contribution is 0.0860. The van der Waals surface area contributed by atoms with Gasteiger partial charge in [-0.15, -0.1) is 0 Å². The molecule has 0 bridgehead atoms. The van der Waals surface area contributed by atoms with E-state index >= 15 is 0 Å². The largest absolute Gasteiger partial charge is 0.497 e. The molecule has 2 atom stereocenters. The third kappa shape index (κ3) is 4.13. The number of methoxy groups -OCH3 is 1. The van der Waals surface area contributed by atoms with E-state index in [0.29, 0.717) is 6.54 Å². The summed E-state index contributed by atoms with van der Waals surface area (Å²) in [5.74, 6) is 0.810. The van der Waals surface area contributed by atoms with E-state index in [-0.39, 0.29) is 18.2 Å². The summed E-state index contributed by atoms with van der Waals surface area (Å²) in [6.45, 7) is 3.27. The Bertz CT molecular complexity index is 427. The maximum Gasteiger partial charge on any atom is 0.315 e. The standard InChI is InChI=1S/C15H22N2O3/c1-11(14-4-3-9-20-14)17-15(18)16-10-12-5-7-13(19-2)8-6-12/h5-8,11,14H,3-4,9-10H2,1-2H3,(H2,16,17,18)/t11-,14+/m0/s1. The first kappa shape index (κ1) is 14.7. The Labute approximate surface area is 119 Å². The molecule has 1 aromatic carbocycles. The van der Waals surface area contributed by atoms with Gasteiger partial charge in [-0.05, 0) is 37.5 Å². The van der Waals surface area contributed by atoms with Crippen molar-refractivity contribution >= 4 is 6.03 Å². The summed E-state index contributed by atoms with van der Waals surface area (Å²) in [5, 5.41) is 5.76. The molecule has 1 heterocycles. The van der Waals surface area contributed by atoms with Gasteiger partial charge in [0.05, 0.1) is 19.3 Å². The highest BCUT2D eigenvalue weighted by atomic mass is 16.5. The van der Waals surface area contributed by atoms with Crippen LogP contribution in [0, 0.1) is 0 Å². The van der Waals surface area contributed by atoms with Crippen LogP contribution >= 0.6 is 0 Å². The highest BCUT2D eigenvalue weighted by molar-refractivity contribution is 5.74. The number of amides is 2. The van der Waals surface area contributed by atoms with Crippen molar-refractivity contribution < 1.29 is 14.3 Å². The van der Waals surface area contributed by atoms with Gasteiger partial charge in [0, 0.05) is 13.2 Å². The van der Waals surface area contributed by atoms with E-state index in [2.05, 4.69) is 10.6 Å². The lowest BCUT2D eigenvalue weighted by Crippen LogP contribution is -2.45. The van der Waals surface area contributed by atoms with E-state index in [1.807, 2.05) is 31.2 Å². The Morgan fingerprint density at radius 3 is 2.80 bits per heavy atom. The smallest absolute Gasteiger partial charge is 0.315 e. The van der Waals surface area contributed by atoms with Crippen LogP contribution in [0.1, 0.15) is 25.3 Å². The van der Waals surface area contributed by atoms with Crippen molar-refractivity contribution in [2.24, 2.45) is 0 Å². The van der Waals surface area contributed by atoms with Gasteiger partial charge in [-0.2, -0.15) is 0 Å². The Morgan fingerprint density at radius 1 is 1.45 bits per heavy atom. The Hall–Kier alpha value is -1.75. The van der Waals surface area contributed by atoms with E-state index in [0.717, 1.165) is 30.8 Å². The molecule has 0 spiro atoms. The second kappa shape index (κ2) is 7.14. The lowest BCUT2D eigenvalue weighted by Gasteiger charge is -2.20. The summed E-state index contributed by atoms with van der Waals surface area (Å²) in [6, 6.07) is 7.50. The fourth-order valence-corrected chi connectivity index (χ4v) is 2.27. The quantitative estimate of drug-likeness (QED) is 0.866. The number of hydrogen-bond donors (Lipinski definition) is 2. The Kier molecular flexibility index (Phi) is 5.24. The van der Waals surface area contributed by atoms with Crippen LogP contribution in [0.15, 0.2) is 24.3 Å². The molecule has 2 N–H and O–H groups in total. The molecule has 1 fully saturated rings. The van der Waals surface area contributed by atoms with Crippen LogP contribution in [0.2, 0.25) is 0 Å². The van der Waals surface area contributed by atoms with Crippen molar-refractivity contribution in [3.8, 4) is 5.75 Å². The summed E-state index contributed by atoms with van der Waals surface area (Å²) in [4.78, 5) is 11.8. The topological polar surface area (TPSA) is 59.6 Å². The van der Waals surface area contributed by atoms with E-state index in [9.17, 15) is 4.79 Å². The molecule has 1 aliphatic rings. The van der Waals surface area contributed by atoms with Crippen molar-refractivity contribution in [3.05, 3.63) is 29.8 Å². The normalized spacial score (nSPS) is 19.4. The number of carbonyl (C=O) groups excluding carboxylic acids is 1. The van der Waals surface area contributed by atoms with Crippen molar-refractivity contribution in [2.75, 3.05) is 13.7 Å². The molecule has 0 saturated carbocycles. The zero-order valence-electron chi connectivity index (χ0n) is 12.0. The van der Waals surface area contributed by atoms with Crippen molar-refractivity contribution in [1.82, 2.24) is 10.6 Å². The summed E-state index contributed by atoms with van der Waals surface area (Å²) in [6.07, 6.45) is 2.23. The number of ether oxygens (including phenoxy) is 2. The van der Waals surface area contributed by atoms with Gasteiger partial charge in [0.1, 0.15) is 5.75 Å². The SMILES string of the molecule is COc1ccc(CNC(=O)N[C@@H](C)[C@H]2CCCO2)cc1. The van der Waals surface area contributed by atoms with Crippen LogP contribution in [0.25, 0.3) is 0 Å². The molecule has 20 heavy (non-hydrogen) atoms. The third-order valence-corrected chi connectivity index (χ3v) is 3.49.